The Labute approximate surface area is 117 Å². The number of imide groups is 1. The van der Waals surface area contributed by atoms with E-state index in [1.54, 1.807) is 5.32 Å². The Balaban J connectivity index is 2.06. The summed E-state index contributed by atoms with van der Waals surface area (Å²) in [7, 11) is 0. The van der Waals surface area contributed by atoms with E-state index in [0.29, 0.717) is 0 Å². The van der Waals surface area contributed by atoms with Crippen LogP contribution in [-0.2, 0) is 0 Å². The highest BCUT2D eigenvalue weighted by Crippen LogP contribution is 2.12. The predicted molar refractivity (Wildman–Crippen MR) is 69.2 cm³/mol. The average Bonchev–Trinajstić information content (AvgIpc) is 2.41. The lowest BCUT2D eigenvalue weighted by Gasteiger charge is -2.07. The van der Waals surface area contributed by atoms with Gasteiger partial charge in [-0.25, -0.2) is 18.0 Å². The van der Waals surface area contributed by atoms with Gasteiger partial charge < -0.3 is 5.32 Å². The Morgan fingerprint density at radius 1 is 0.857 bits per heavy atom. The van der Waals surface area contributed by atoms with Crippen LogP contribution >= 0.6 is 0 Å². The van der Waals surface area contributed by atoms with Crippen LogP contribution in [0, 0.1) is 17.5 Å². The second kappa shape index (κ2) is 6.08. The third kappa shape index (κ3) is 3.59. The molecule has 0 heterocycles. The second-order valence-electron chi connectivity index (χ2n) is 4.01. The van der Waals surface area contributed by atoms with Crippen LogP contribution in [0.5, 0.6) is 0 Å². The number of amides is 3. The van der Waals surface area contributed by atoms with E-state index in [2.05, 4.69) is 5.32 Å². The van der Waals surface area contributed by atoms with Gasteiger partial charge in [0.1, 0.15) is 23.0 Å². The molecule has 21 heavy (non-hydrogen) atoms. The quantitative estimate of drug-likeness (QED) is 0.894. The number of halogens is 3. The first-order valence-corrected chi connectivity index (χ1v) is 5.79. The van der Waals surface area contributed by atoms with E-state index in [1.165, 1.54) is 12.1 Å². The van der Waals surface area contributed by atoms with E-state index in [1.807, 2.05) is 0 Å². The number of nitrogens with one attached hydrogen (secondary N) is 2. The molecule has 0 atom stereocenters. The molecule has 2 aromatic rings. The smallest absolute Gasteiger partial charge is 0.308 e. The zero-order valence-corrected chi connectivity index (χ0v) is 10.5. The predicted octanol–water partition coefficient (Wildman–Crippen LogP) is 3.07. The van der Waals surface area contributed by atoms with Crippen molar-refractivity contribution in [2.24, 2.45) is 0 Å². The summed E-state index contributed by atoms with van der Waals surface area (Å²) < 4.78 is 39.4. The van der Waals surface area contributed by atoms with Gasteiger partial charge in [-0.15, -0.1) is 0 Å². The number of urea groups is 1. The minimum Gasteiger partial charge on any atom is -0.308 e. The van der Waals surface area contributed by atoms with Crippen LogP contribution in [0.4, 0.5) is 23.7 Å². The highest BCUT2D eigenvalue weighted by molar-refractivity contribution is 6.08. The third-order valence-electron chi connectivity index (χ3n) is 2.52. The molecule has 108 valence electrons. The monoisotopic (exact) mass is 294 g/mol. The first-order chi connectivity index (χ1) is 9.97. The van der Waals surface area contributed by atoms with Gasteiger partial charge in [-0.05, 0) is 36.4 Å². The van der Waals surface area contributed by atoms with Gasteiger partial charge in [0.15, 0.2) is 0 Å². The SMILES string of the molecule is O=C(NC(=O)c1c(F)cccc1F)Nc1ccc(F)cc1. The normalized spacial score (nSPS) is 10.0. The Morgan fingerprint density at radius 2 is 1.43 bits per heavy atom. The Kier molecular flexibility index (Phi) is 4.22. The number of benzene rings is 2. The molecule has 0 aliphatic rings. The molecule has 0 spiro atoms. The van der Waals surface area contributed by atoms with E-state index in [0.717, 1.165) is 30.3 Å². The molecular weight excluding hydrogens is 285 g/mol. The van der Waals surface area contributed by atoms with Gasteiger partial charge in [0.25, 0.3) is 5.91 Å². The van der Waals surface area contributed by atoms with Crippen molar-refractivity contribution in [3.63, 3.8) is 0 Å². The van der Waals surface area contributed by atoms with Gasteiger partial charge in [-0.1, -0.05) is 6.07 Å². The van der Waals surface area contributed by atoms with Crippen molar-refractivity contribution < 1.29 is 22.8 Å². The zero-order valence-electron chi connectivity index (χ0n) is 10.5. The van der Waals surface area contributed by atoms with E-state index in [-0.39, 0.29) is 5.69 Å². The molecule has 4 nitrogen and oxygen atoms in total. The molecule has 0 unspecified atom stereocenters. The summed E-state index contributed by atoms with van der Waals surface area (Å²) in [5.74, 6) is -3.88. The fourth-order valence-corrected chi connectivity index (χ4v) is 1.58. The lowest BCUT2D eigenvalue weighted by atomic mass is 10.2. The second-order valence-corrected chi connectivity index (χ2v) is 4.01. The summed E-state index contributed by atoms with van der Waals surface area (Å²) in [6.45, 7) is 0. The molecule has 0 aliphatic carbocycles. The first kappa shape index (κ1) is 14.6. The summed E-state index contributed by atoms with van der Waals surface area (Å²) >= 11 is 0. The summed E-state index contributed by atoms with van der Waals surface area (Å²) in [6.07, 6.45) is 0. The lowest BCUT2D eigenvalue weighted by molar-refractivity contribution is 0.0959. The van der Waals surface area contributed by atoms with E-state index >= 15 is 0 Å². The number of rotatable bonds is 2. The van der Waals surface area contributed by atoms with Gasteiger partial charge in [0.05, 0.1) is 0 Å². The highest BCUT2D eigenvalue weighted by atomic mass is 19.1. The molecule has 0 aliphatic heterocycles. The van der Waals surface area contributed by atoms with Crippen LogP contribution in [0.2, 0.25) is 0 Å². The van der Waals surface area contributed by atoms with Crippen molar-refractivity contribution in [3.8, 4) is 0 Å². The molecule has 2 aromatic carbocycles. The number of carbonyl (C=O) groups is 2. The topological polar surface area (TPSA) is 58.2 Å². The zero-order chi connectivity index (χ0) is 15.4. The van der Waals surface area contributed by atoms with Crippen LogP contribution in [0.15, 0.2) is 42.5 Å². The molecule has 0 fully saturated rings. The largest absolute Gasteiger partial charge is 0.326 e. The molecule has 2 rings (SSSR count). The van der Waals surface area contributed by atoms with Gasteiger partial charge in [-0.3, -0.25) is 10.1 Å². The fourth-order valence-electron chi connectivity index (χ4n) is 1.58. The molecule has 3 amide bonds. The molecule has 0 saturated carbocycles. The Hall–Kier alpha value is -2.83. The maximum atomic E-state index is 13.3. The van der Waals surface area contributed by atoms with Gasteiger partial charge in [0, 0.05) is 5.69 Å². The summed E-state index contributed by atoms with van der Waals surface area (Å²) in [5.41, 5.74) is -0.637. The first-order valence-electron chi connectivity index (χ1n) is 5.79. The Bertz CT molecular complexity index is 667. The van der Waals surface area contributed by atoms with Gasteiger partial charge >= 0.3 is 6.03 Å². The molecular formula is C14H9F3N2O2. The summed E-state index contributed by atoms with van der Waals surface area (Å²) in [4.78, 5) is 23.2. The number of anilines is 1. The van der Waals surface area contributed by atoms with Crippen LogP contribution in [0.3, 0.4) is 0 Å². The van der Waals surface area contributed by atoms with Crippen molar-refractivity contribution in [2.75, 3.05) is 5.32 Å². The third-order valence-corrected chi connectivity index (χ3v) is 2.52. The molecule has 0 aromatic heterocycles. The number of hydrogen-bond donors (Lipinski definition) is 2. The van der Waals surface area contributed by atoms with Crippen molar-refractivity contribution in [2.45, 2.75) is 0 Å². The summed E-state index contributed by atoms with van der Waals surface area (Å²) in [5, 5.41) is 4.00. The van der Waals surface area contributed by atoms with Crippen LogP contribution in [-0.4, -0.2) is 11.9 Å². The van der Waals surface area contributed by atoms with Crippen LogP contribution in [0.25, 0.3) is 0 Å². The minimum atomic E-state index is -1.22. The van der Waals surface area contributed by atoms with E-state index < -0.39 is 35.0 Å². The standard InChI is InChI=1S/C14H9F3N2O2/c15-8-4-6-9(7-5-8)18-14(21)19-13(20)12-10(16)2-1-3-11(12)17/h1-7H,(H2,18,19,20,21). The van der Waals surface area contributed by atoms with E-state index in [4.69, 9.17) is 0 Å². The maximum absolute atomic E-state index is 13.3. The minimum absolute atomic E-state index is 0.218. The van der Waals surface area contributed by atoms with Gasteiger partial charge in [0.2, 0.25) is 0 Å². The molecule has 7 heteroatoms. The molecule has 0 saturated heterocycles. The highest BCUT2D eigenvalue weighted by Gasteiger charge is 2.19. The maximum Gasteiger partial charge on any atom is 0.326 e. The van der Waals surface area contributed by atoms with Crippen LogP contribution < -0.4 is 10.6 Å². The van der Waals surface area contributed by atoms with Crippen molar-refractivity contribution in [3.05, 3.63) is 65.5 Å². The summed E-state index contributed by atoms with van der Waals surface area (Å²) in [6, 6.07) is 6.65. The van der Waals surface area contributed by atoms with E-state index in [9.17, 15) is 22.8 Å². The van der Waals surface area contributed by atoms with Crippen molar-refractivity contribution in [1.29, 1.82) is 0 Å². The molecule has 0 bridgehead atoms. The number of hydrogen-bond acceptors (Lipinski definition) is 2. The molecule has 2 N–H and O–H groups in total. The van der Waals surface area contributed by atoms with Crippen molar-refractivity contribution >= 4 is 17.6 Å². The lowest BCUT2D eigenvalue weighted by Crippen LogP contribution is -2.35. The fraction of sp³-hybridized carbons (Fsp3) is 0. The van der Waals surface area contributed by atoms with Crippen LogP contribution in [0.1, 0.15) is 10.4 Å². The average molecular weight is 294 g/mol. The molecule has 0 radical (unpaired) electrons. The van der Waals surface area contributed by atoms with Crippen molar-refractivity contribution in [1.82, 2.24) is 5.32 Å². The Morgan fingerprint density at radius 3 is 2.00 bits per heavy atom. The number of carbonyl (C=O) groups excluding carboxylic acids is 2. The van der Waals surface area contributed by atoms with Gasteiger partial charge in [-0.2, -0.15) is 0 Å².